The van der Waals surface area contributed by atoms with Gasteiger partial charge in [-0.25, -0.2) is 0 Å². The number of amides is 1. The number of rotatable bonds is 5. The van der Waals surface area contributed by atoms with Gasteiger partial charge in [-0.05, 0) is 37.4 Å². The molecule has 0 radical (unpaired) electrons. The molecule has 0 aromatic heterocycles. The molecule has 24 heavy (non-hydrogen) atoms. The lowest BCUT2D eigenvalue weighted by Gasteiger charge is -2.19. The molecule has 1 aliphatic rings. The standard InChI is InChI=1S/C15H20F3N3O.2ClH/c16-15(17,18)9-20-12-6-1-2-7-13(12)21-14(22)11-5-3-4-10(11)8-19;;/h1-2,6-7,10-11,20H,3-5,8-9,19H2,(H,21,22);2*1H/t10-,11-;;/m1../s1. The Balaban J connectivity index is 0.00000264. The quantitative estimate of drug-likeness (QED) is 0.719. The number of benzene rings is 1. The minimum atomic E-state index is -4.31. The van der Waals surface area contributed by atoms with Crippen LogP contribution < -0.4 is 16.4 Å². The Morgan fingerprint density at radius 3 is 2.38 bits per heavy atom. The second-order valence-electron chi connectivity index (χ2n) is 5.54. The molecule has 1 aromatic rings. The minimum absolute atomic E-state index is 0. The van der Waals surface area contributed by atoms with Crippen molar-refractivity contribution in [1.29, 1.82) is 0 Å². The fraction of sp³-hybridized carbons (Fsp3) is 0.533. The van der Waals surface area contributed by atoms with Crippen LogP contribution in [0.25, 0.3) is 0 Å². The fourth-order valence-electron chi connectivity index (χ4n) is 2.83. The molecule has 4 N–H and O–H groups in total. The van der Waals surface area contributed by atoms with Gasteiger partial charge < -0.3 is 16.4 Å². The number of carbonyl (C=O) groups is 1. The van der Waals surface area contributed by atoms with Crippen molar-refractivity contribution in [1.82, 2.24) is 0 Å². The van der Waals surface area contributed by atoms with Gasteiger partial charge in [0.25, 0.3) is 0 Å². The molecule has 0 aliphatic heterocycles. The lowest BCUT2D eigenvalue weighted by molar-refractivity contribution is -0.120. The Bertz CT molecular complexity index is 529. The van der Waals surface area contributed by atoms with E-state index < -0.39 is 12.7 Å². The molecule has 4 nitrogen and oxygen atoms in total. The summed E-state index contributed by atoms with van der Waals surface area (Å²) in [5, 5.41) is 5.04. The van der Waals surface area contributed by atoms with E-state index >= 15 is 0 Å². The Morgan fingerprint density at radius 2 is 1.79 bits per heavy atom. The molecule has 1 aliphatic carbocycles. The predicted octanol–water partition coefficient (Wildman–Crippen LogP) is 3.82. The molecule has 0 unspecified atom stereocenters. The van der Waals surface area contributed by atoms with Gasteiger partial charge in [-0.15, -0.1) is 24.8 Å². The maximum Gasteiger partial charge on any atom is 0.405 e. The fourth-order valence-corrected chi connectivity index (χ4v) is 2.83. The summed E-state index contributed by atoms with van der Waals surface area (Å²) in [6.07, 6.45) is -1.67. The molecule has 2 atom stereocenters. The molecular formula is C15H22Cl2F3N3O. The molecule has 1 aromatic carbocycles. The van der Waals surface area contributed by atoms with Crippen molar-refractivity contribution >= 4 is 42.1 Å². The Kier molecular flexibility index (Phi) is 9.47. The van der Waals surface area contributed by atoms with Crippen LogP contribution in [0.1, 0.15) is 19.3 Å². The van der Waals surface area contributed by atoms with E-state index in [0.29, 0.717) is 12.2 Å². The average molecular weight is 388 g/mol. The molecule has 0 heterocycles. The van der Waals surface area contributed by atoms with Gasteiger partial charge in [0.15, 0.2) is 0 Å². The van der Waals surface area contributed by atoms with Crippen LogP contribution in [0, 0.1) is 11.8 Å². The second-order valence-corrected chi connectivity index (χ2v) is 5.54. The summed E-state index contributed by atoms with van der Waals surface area (Å²) in [6.45, 7) is -0.694. The summed E-state index contributed by atoms with van der Waals surface area (Å²) in [5.41, 5.74) is 6.28. The highest BCUT2D eigenvalue weighted by Crippen LogP contribution is 2.33. The first-order chi connectivity index (χ1) is 10.4. The molecule has 2 rings (SSSR count). The number of hydrogen-bond donors (Lipinski definition) is 3. The predicted molar refractivity (Wildman–Crippen MR) is 94.0 cm³/mol. The van der Waals surface area contributed by atoms with Gasteiger partial charge in [-0.3, -0.25) is 4.79 Å². The Morgan fingerprint density at radius 1 is 1.17 bits per heavy atom. The topological polar surface area (TPSA) is 67.2 Å². The van der Waals surface area contributed by atoms with Gasteiger partial charge in [-0.1, -0.05) is 18.6 Å². The van der Waals surface area contributed by atoms with Crippen molar-refractivity contribution in [3.8, 4) is 0 Å². The number of nitrogens with two attached hydrogens (primary N) is 1. The number of carbonyl (C=O) groups excluding carboxylic acids is 1. The monoisotopic (exact) mass is 387 g/mol. The number of para-hydroxylation sites is 2. The second kappa shape index (κ2) is 9.96. The van der Waals surface area contributed by atoms with Crippen molar-refractivity contribution in [3.63, 3.8) is 0 Å². The van der Waals surface area contributed by atoms with E-state index in [4.69, 9.17) is 5.73 Å². The van der Waals surface area contributed by atoms with Gasteiger partial charge in [0, 0.05) is 5.92 Å². The van der Waals surface area contributed by atoms with Crippen molar-refractivity contribution < 1.29 is 18.0 Å². The van der Waals surface area contributed by atoms with Crippen LogP contribution in [0.4, 0.5) is 24.5 Å². The molecule has 0 bridgehead atoms. The number of hydrogen-bond acceptors (Lipinski definition) is 3. The van der Waals surface area contributed by atoms with Crippen molar-refractivity contribution in [2.45, 2.75) is 25.4 Å². The molecule has 0 saturated heterocycles. The van der Waals surface area contributed by atoms with Crippen LogP contribution in [0.2, 0.25) is 0 Å². The molecule has 1 fully saturated rings. The number of anilines is 2. The highest BCUT2D eigenvalue weighted by molar-refractivity contribution is 5.96. The van der Waals surface area contributed by atoms with E-state index in [0.717, 1.165) is 19.3 Å². The highest BCUT2D eigenvalue weighted by Gasteiger charge is 2.32. The van der Waals surface area contributed by atoms with E-state index in [-0.39, 0.29) is 48.2 Å². The third-order valence-electron chi connectivity index (χ3n) is 3.96. The first-order valence-electron chi connectivity index (χ1n) is 7.31. The van der Waals surface area contributed by atoms with Gasteiger partial charge in [0.05, 0.1) is 11.4 Å². The molecule has 0 spiro atoms. The van der Waals surface area contributed by atoms with Crippen LogP contribution in [0.3, 0.4) is 0 Å². The first-order valence-corrected chi connectivity index (χ1v) is 7.31. The zero-order valence-corrected chi connectivity index (χ0v) is 14.6. The number of halogens is 5. The van der Waals surface area contributed by atoms with Crippen LogP contribution in [0.15, 0.2) is 24.3 Å². The smallest absolute Gasteiger partial charge is 0.375 e. The summed E-state index contributed by atoms with van der Waals surface area (Å²) in [7, 11) is 0. The normalized spacial score (nSPS) is 19.8. The molecular weight excluding hydrogens is 366 g/mol. The Hall–Kier alpha value is -1.18. The average Bonchev–Trinajstić information content (AvgIpc) is 2.94. The van der Waals surface area contributed by atoms with Crippen molar-refractivity contribution in [3.05, 3.63) is 24.3 Å². The molecule has 138 valence electrons. The zero-order valence-electron chi connectivity index (χ0n) is 12.9. The summed E-state index contributed by atoms with van der Waals surface area (Å²) >= 11 is 0. The van der Waals surface area contributed by atoms with Crippen LogP contribution in [-0.4, -0.2) is 25.2 Å². The van der Waals surface area contributed by atoms with E-state index in [1.807, 2.05) is 0 Å². The maximum atomic E-state index is 12.3. The van der Waals surface area contributed by atoms with E-state index in [1.54, 1.807) is 18.2 Å². The largest absolute Gasteiger partial charge is 0.405 e. The first kappa shape index (κ1) is 22.8. The zero-order chi connectivity index (χ0) is 16.2. The third-order valence-corrected chi connectivity index (χ3v) is 3.96. The van der Waals surface area contributed by atoms with Crippen molar-refractivity contribution in [2.75, 3.05) is 23.7 Å². The van der Waals surface area contributed by atoms with Crippen LogP contribution in [0.5, 0.6) is 0 Å². The van der Waals surface area contributed by atoms with Gasteiger partial charge in [0.1, 0.15) is 6.54 Å². The van der Waals surface area contributed by atoms with Gasteiger partial charge in [-0.2, -0.15) is 13.2 Å². The summed E-state index contributed by atoms with van der Waals surface area (Å²) < 4.78 is 36.9. The van der Waals surface area contributed by atoms with E-state index in [2.05, 4.69) is 10.6 Å². The van der Waals surface area contributed by atoms with Crippen molar-refractivity contribution in [2.24, 2.45) is 17.6 Å². The number of alkyl halides is 3. The SMILES string of the molecule is Cl.Cl.NC[C@H]1CCC[C@H]1C(=O)Nc1ccccc1NCC(F)(F)F. The van der Waals surface area contributed by atoms with Crippen LogP contribution in [-0.2, 0) is 4.79 Å². The minimum Gasteiger partial charge on any atom is -0.375 e. The lowest BCUT2D eigenvalue weighted by atomic mass is 9.95. The highest BCUT2D eigenvalue weighted by atomic mass is 35.5. The van der Waals surface area contributed by atoms with Gasteiger partial charge in [0.2, 0.25) is 5.91 Å². The van der Waals surface area contributed by atoms with Crippen LogP contribution >= 0.6 is 24.8 Å². The molecule has 1 saturated carbocycles. The summed E-state index contributed by atoms with van der Waals surface area (Å²) in [5.74, 6) is -0.190. The Labute approximate surface area is 151 Å². The third kappa shape index (κ3) is 6.37. The lowest BCUT2D eigenvalue weighted by Crippen LogP contribution is -2.30. The summed E-state index contributed by atoms with van der Waals surface area (Å²) in [4.78, 5) is 12.3. The van der Waals surface area contributed by atoms with E-state index in [9.17, 15) is 18.0 Å². The number of nitrogens with one attached hydrogen (secondary N) is 2. The van der Waals surface area contributed by atoms with Gasteiger partial charge >= 0.3 is 6.18 Å². The summed E-state index contributed by atoms with van der Waals surface area (Å²) in [6, 6.07) is 6.38. The molecule has 9 heteroatoms. The maximum absolute atomic E-state index is 12.3. The van der Waals surface area contributed by atoms with E-state index in [1.165, 1.54) is 6.07 Å². The molecule has 1 amide bonds.